The number of nitrogens with one attached hydrogen (secondary N) is 3. The van der Waals surface area contributed by atoms with E-state index in [-0.39, 0.29) is 24.4 Å². The van der Waals surface area contributed by atoms with E-state index in [0.717, 1.165) is 13.1 Å². The molecule has 1 saturated heterocycles. The molecule has 0 aromatic carbocycles. The monoisotopic (exact) mass is 269 g/mol. The fourth-order valence-electron chi connectivity index (χ4n) is 2.45. The SMILES string of the molecule is CC(C)NC(=O)CNC(=O)CC(C)C1CCCNC1. The van der Waals surface area contributed by atoms with Gasteiger partial charge in [0.25, 0.3) is 0 Å². The highest BCUT2D eigenvalue weighted by atomic mass is 16.2. The van der Waals surface area contributed by atoms with Crippen molar-refractivity contribution in [1.82, 2.24) is 16.0 Å². The fourth-order valence-corrected chi connectivity index (χ4v) is 2.45. The first kappa shape index (κ1) is 16.0. The summed E-state index contributed by atoms with van der Waals surface area (Å²) in [6.07, 6.45) is 2.88. The molecule has 0 radical (unpaired) electrons. The average Bonchev–Trinajstić information content (AvgIpc) is 2.36. The summed E-state index contributed by atoms with van der Waals surface area (Å²) in [5.74, 6) is 0.775. The van der Waals surface area contributed by atoms with Crippen molar-refractivity contribution in [3.63, 3.8) is 0 Å². The van der Waals surface area contributed by atoms with Crippen LogP contribution in [0.5, 0.6) is 0 Å². The Morgan fingerprint density at radius 1 is 1.26 bits per heavy atom. The van der Waals surface area contributed by atoms with Gasteiger partial charge in [-0.3, -0.25) is 9.59 Å². The van der Waals surface area contributed by atoms with Crippen LogP contribution >= 0.6 is 0 Å². The van der Waals surface area contributed by atoms with E-state index in [1.807, 2.05) is 13.8 Å². The van der Waals surface area contributed by atoms with Gasteiger partial charge in [0.15, 0.2) is 0 Å². The van der Waals surface area contributed by atoms with Crippen LogP contribution in [0.25, 0.3) is 0 Å². The summed E-state index contributed by atoms with van der Waals surface area (Å²) in [4.78, 5) is 23.2. The zero-order valence-corrected chi connectivity index (χ0v) is 12.3. The maximum atomic E-state index is 11.8. The quantitative estimate of drug-likeness (QED) is 0.663. The molecule has 1 aliphatic rings. The minimum absolute atomic E-state index is 0.0306. The highest BCUT2D eigenvalue weighted by Gasteiger charge is 2.22. The number of amides is 2. The lowest BCUT2D eigenvalue weighted by atomic mass is 9.85. The molecule has 0 spiro atoms. The lowest BCUT2D eigenvalue weighted by Crippen LogP contribution is -2.41. The van der Waals surface area contributed by atoms with Crippen molar-refractivity contribution in [1.29, 1.82) is 0 Å². The molecule has 0 aromatic rings. The Kier molecular flexibility index (Phi) is 6.84. The van der Waals surface area contributed by atoms with Crippen LogP contribution in [-0.4, -0.2) is 37.5 Å². The maximum absolute atomic E-state index is 11.8. The second kappa shape index (κ2) is 8.15. The van der Waals surface area contributed by atoms with E-state index in [2.05, 4.69) is 22.9 Å². The number of carbonyl (C=O) groups excluding carboxylic acids is 2. The molecule has 2 atom stereocenters. The van der Waals surface area contributed by atoms with E-state index in [0.29, 0.717) is 18.3 Å². The molecule has 3 N–H and O–H groups in total. The smallest absolute Gasteiger partial charge is 0.239 e. The van der Waals surface area contributed by atoms with Gasteiger partial charge in [-0.25, -0.2) is 0 Å². The van der Waals surface area contributed by atoms with Crippen LogP contribution in [0.1, 0.15) is 40.0 Å². The Hall–Kier alpha value is -1.10. The summed E-state index contributed by atoms with van der Waals surface area (Å²) in [6.45, 7) is 8.08. The molecular weight excluding hydrogens is 242 g/mol. The number of carbonyl (C=O) groups is 2. The Morgan fingerprint density at radius 3 is 2.58 bits per heavy atom. The van der Waals surface area contributed by atoms with Gasteiger partial charge in [0.2, 0.25) is 11.8 Å². The van der Waals surface area contributed by atoms with Crippen molar-refractivity contribution >= 4 is 11.8 Å². The molecule has 5 heteroatoms. The molecular formula is C14H27N3O2. The van der Waals surface area contributed by atoms with Crippen LogP contribution in [0.3, 0.4) is 0 Å². The third-order valence-electron chi connectivity index (χ3n) is 3.54. The molecule has 19 heavy (non-hydrogen) atoms. The highest BCUT2D eigenvalue weighted by molar-refractivity contribution is 5.84. The molecule has 1 heterocycles. The fraction of sp³-hybridized carbons (Fsp3) is 0.857. The molecule has 0 aliphatic carbocycles. The molecule has 0 bridgehead atoms. The number of hydrogen-bond donors (Lipinski definition) is 3. The van der Waals surface area contributed by atoms with Crippen molar-refractivity contribution in [3.8, 4) is 0 Å². The Labute approximate surface area is 115 Å². The minimum Gasteiger partial charge on any atom is -0.352 e. The second-order valence-corrected chi connectivity index (χ2v) is 5.79. The summed E-state index contributed by atoms with van der Waals surface area (Å²) >= 11 is 0. The van der Waals surface area contributed by atoms with Crippen molar-refractivity contribution in [3.05, 3.63) is 0 Å². The van der Waals surface area contributed by atoms with Gasteiger partial charge < -0.3 is 16.0 Å². The summed E-state index contributed by atoms with van der Waals surface area (Å²) in [7, 11) is 0. The molecule has 5 nitrogen and oxygen atoms in total. The van der Waals surface area contributed by atoms with E-state index in [9.17, 15) is 9.59 Å². The first-order chi connectivity index (χ1) is 8.99. The molecule has 2 amide bonds. The summed E-state index contributed by atoms with van der Waals surface area (Å²) in [5, 5.41) is 8.80. The predicted molar refractivity (Wildman–Crippen MR) is 75.7 cm³/mol. The largest absolute Gasteiger partial charge is 0.352 e. The van der Waals surface area contributed by atoms with Crippen molar-refractivity contribution < 1.29 is 9.59 Å². The van der Waals surface area contributed by atoms with E-state index >= 15 is 0 Å². The number of piperidine rings is 1. The van der Waals surface area contributed by atoms with Crippen LogP contribution < -0.4 is 16.0 Å². The Balaban J connectivity index is 2.20. The third-order valence-corrected chi connectivity index (χ3v) is 3.54. The van der Waals surface area contributed by atoms with Crippen LogP contribution in [0.15, 0.2) is 0 Å². The van der Waals surface area contributed by atoms with Gasteiger partial charge in [-0.2, -0.15) is 0 Å². The molecule has 0 aromatic heterocycles. The average molecular weight is 269 g/mol. The molecule has 1 aliphatic heterocycles. The molecule has 1 fully saturated rings. The second-order valence-electron chi connectivity index (χ2n) is 5.79. The number of rotatable bonds is 6. The summed E-state index contributed by atoms with van der Waals surface area (Å²) in [6, 6.07) is 0.108. The standard InChI is InChI=1S/C14H27N3O2/c1-10(2)17-14(19)9-16-13(18)7-11(3)12-5-4-6-15-8-12/h10-12,15H,4-9H2,1-3H3,(H,16,18)(H,17,19). The van der Waals surface area contributed by atoms with Gasteiger partial charge in [-0.05, 0) is 51.6 Å². The molecule has 110 valence electrons. The first-order valence-electron chi connectivity index (χ1n) is 7.25. The van der Waals surface area contributed by atoms with E-state index in [1.54, 1.807) is 0 Å². The first-order valence-corrected chi connectivity index (χ1v) is 7.25. The van der Waals surface area contributed by atoms with Gasteiger partial charge in [0.05, 0.1) is 6.54 Å². The zero-order chi connectivity index (χ0) is 14.3. The van der Waals surface area contributed by atoms with Gasteiger partial charge in [0.1, 0.15) is 0 Å². The van der Waals surface area contributed by atoms with Crippen molar-refractivity contribution in [2.75, 3.05) is 19.6 Å². The van der Waals surface area contributed by atoms with Gasteiger partial charge in [0, 0.05) is 12.5 Å². The van der Waals surface area contributed by atoms with Gasteiger partial charge in [-0.15, -0.1) is 0 Å². The molecule has 1 rings (SSSR count). The highest BCUT2D eigenvalue weighted by Crippen LogP contribution is 2.22. The van der Waals surface area contributed by atoms with Gasteiger partial charge >= 0.3 is 0 Å². The Bertz CT molecular complexity index is 299. The van der Waals surface area contributed by atoms with Crippen molar-refractivity contribution in [2.24, 2.45) is 11.8 Å². The summed E-state index contributed by atoms with van der Waals surface area (Å²) in [5.41, 5.74) is 0. The molecule has 2 unspecified atom stereocenters. The van der Waals surface area contributed by atoms with Gasteiger partial charge in [-0.1, -0.05) is 6.92 Å². The topological polar surface area (TPSA) is 70.2 Å². The van der Waals surface area contributed by atoms with Crippen LogP contribution in [0.4, 0.5) is 0 Å². The van der Waals surface area contributed by atoms with Crippen LogP contribution in [0, 0.1) is 11.8 Å². The minimum atomic E-state index is -0.129. The Morgan fingerprint density at radius 2 is 2.00 bits per heavy atom. The maximum Gasteiger partial charge on any atom is 0.239 e. The lowest BCUT2D eigenvalue weighted by molar-refractivity contribution is -0.127. The van der Waals surface area contributed by atoms with Crippen LogP contribution in [-0.2, 0) is 9.59 Å². The normalized spacial score (nSPS) is 20.9. The zero-order valence-electron chi connectivity index (χ0n) is 12.3. The van der Waals surface area contributed by atoms with E-state index in [4.69, 9.17) is 0 Å². The third kappa shape index (κ3) is 6.57. The summed E-state index contributed by atoms with van der Waals surface area (Å²) < 4.78 is 0. The van der Waals surface area contributed by atoms with Crippen LogP contribution in [0.2, 0.25) is 0 Å². The predicted octanol–water partition coefficient (Wildman–Crippen LogP) is 0.653. The number of hydrogen-bond acceptors (Lipinski definition) is 3. The van der Waals surface area contributed by atoms with Crippen molar-refractivity contribution in [2.45, 2.75) is 46.1 Å². The van der Waals surface area contributed by atoms with E-state index in [1.165, 1.54) is 12.8 Å². The van der Waals surface area contributed by atoms with E-state index < -0.39 is 0 Å². The lowest BCUT2D eigenvalue weighted by Gasteiger charge is -2.28. The molecule has 0 saturated carbocycles.